The van der Waals surface area contributed by atoms with Gasteiger partial charge in [-0.1, -0.05) is 23.4 Å². The molecule has 0 unspecified atom stereocenters. The second-order valence-electron chi connectivity index (χ2n) is 4.47. The highest BCUT2D eigenvalue weighted by Crippen LogP contribution is 2.26. The van der Waals surface area contributed by atoms with Crippen LogP contribution in [0.2, 0.25) is 0 Å². The summed E-state index contributed by atoms with van der Waals surface area (Å²) in [5, 5.41) is 6.40. The Morgan fingerprint density at radius 3 is 2.76 bits per heavy atom. The Morgan fingerprint density at radius 1 is 1.38 bits per heavy atom. The fraction of sp³-hybridized carbons (Fsp3) is 0.333. The van der Waals surface area contributed by atoms with E-state index in [9.17, 15) is 4.79 Å². The van der Waals surface area contributed by atoms with Crippen LogP contribution in [0.1, 0.15) is 27.8 Å². The molecule has 0 spiro atoms. The number of benzene rings is 1. The molecule has 0 aliphatic heterocycles. The zero-order valence-electron chi connectivity index (χ0n) is 12.3. The van der Waals surface area contributed by atoms with Gasteiger partial charge in [0.25, 0.3) is 5.91 Å². The fourth-order valence-electron chi connectivity index (χ4n) is 2.05. The normalized spacial score (nSPS) is 12.0. The third-order valence-corrected chi connectivity index (χ3v) is 3.21. The zero-order chi connectivity index (χ0) is 15.2. The number of nitrogens with zero attached hydrogens (tertiary/aromatic N) is 1. The summed E-state index contributed by atoms with van der Waals surface area (Å²) in [6.45, 7) is 2.01. The van der Waals surface area contributed by atoms with Gasteiger partial charge in [-0.15, -0.1) is 0 Å². The van der Waals surface area contributed by atoms with Crippen LogP contribution in [-0.2, 0) is 4.74 Å². The van der Waals surface area contributed by atoms with Crippen LogP contribution in [0.15, 0.2) is 35.0 Å². The van der Waals surface area contributed by atoms with E-state index >= 15 is 0 Å². The molecule has 2 rings (SSSR count). The van der Waals surface area contributed by atoms with Gasteiger partial charge in [0.15, 0.2) is 0 Å². The van der Waals surface area contributed by atoms with Crippen molar-refractivity contribution in [3.05, 3.63) is 47.3 Å². The number of rotatable bonds is 6. The van der Waals surface area contributed by atoms with Gasteiger partial charge in [0.05, 0.1) is 13.3 Å². The fourth-order valence-corrected chi connectivity index (χ4v) is 2.05. The monoisotopic (exact) mass is 290 g/mol. The number of carbonyl (C=O) groups excluding carboxylic acids is 1. The molecule has 2 aromatic rings. The van der Waals surface area contributed by atoms with E-state index in [1.54, 1.807) is 21.1 Å². The number of aryl methyl sites for hydroxylation is 1. The summed E-state index contributed by atoms with van der Waals surface area (Å²) in [5.41, 5.74) is 1.30. The van der Waals surface area contributed by atoms with Crippen LogP contribution in [0.4, 0.5) is 0 Å². The minimum atomic E-state index is -0.301. The molecule has 0 aliphatic carbocycles. The maximum atomic E-state index is 12.0. The van der Waals surface area contributed by atoms with Gasteiger partial charge < -0.3 is 19.3 Å². The maximum absolute atomic E-state index is 12.0. The number of methoxy groups -OCH3 is 2. The van der Waals surface area contributed by atoms with Gasteiger partial charge in [0, 0.05) is 19.2 Å². The molecular weight excluding hydrogens is 272 g/mol. The average Bonchev–Trinajstić information content (AvgIpc) is 2.94. The highest BCUT2D eigenvalue weighted by atomic mass is 16.5. The van der Waals surface area contributed by atoms with Crippen molar-refractivity contribution in [2.24, 2.45) is 0 Å². The molecule has 1 amide bonds. The van der Waals surface area contributed by atoms with E-state index in [-0.39, 0.29) is 12.0 Å². The maximum Gasteiger partial charge on any atom is 0.256 e. The molecule has 21 heavy (non-hydrogen) atoms. The smallest absolute Gasteiger partial charge is 0.256 e. The van der Waals surface area contributed by atoms with Crippen molar-refractivity contribution in [2.75, 3.05) is 20.8 Å². The van der Waals surface area contributed by atoms with Crippen LogP contribution >= 0.6 is 0 Å². The molecule has 0 aliphatic rings. The summed E-state index contributed by atoms with van der Waals surface area (Å²) in [7, 11) is 3.19. The number of hydrogen-bond acceptors (Lipinski definition) is 5. The Hall–Kier alpha value is -2.34. The van der Waals surface area contributed by atoms with Crippen LogP contribution in [0.5, 0.6) is 5.75 Å². The quantitative estimate of drug-likeness (QED) is 0.882. The molecule has 1 aromatic carbocycles. The highest BCUT2D eigenvalue weighted by Gasteiger charge is 2.18. The van der Waals surface area contributed by atoms with Crippen LogP contribution < -0.4 is 10.1 Å². The molecule has 0 saturated carbocycles. The van der Waals surface area contributed by atoms with Crippen molar-refractivity contribution in [2.45, 2.75) is 13.0 Å². The van der Waals surface area contributed by atoms with Gasteiger partial charge in [-0.05, 0) is 13.0 Å². The third kappa shape index (κ3) is 3.41. The molecular formula is C15H18N2O4. The van der Waals surface area contributed by atoms with Crippen LogP contribution in [0.25, 0.3) is 0 Å². The van der Waals surface area contributed by atoms with Crippen molar-refractivity contribution >= 4 is 5.91 Å². The lowest BCUT2D eigenvalue weighted by Crippen LogP contribution is -2.29. The van der Waals surface area contributed by atoms with Gasteiger partial charge in [-0.25, -0.2) is 0 Å². The first kappa shape index (κ1) is 15.1. The first-order chi connectivity index (χ1) is 10.2. The molecule has 0 fully saturated rings. The molecule has 0 bridgehead atoms. The second kappa shape index (κ2) is 6.90. The predicted molar refractivity (Wildman–Crippen MR) is 76.3 cm³/mol. The number of ether oxygens (including phenoxy) is 2. The van der Waals surface area contributed by atoms with Crippen molar-refractivity contribution in [3.8, 4) is 5.75 Å². The molecule has 0 radical (unpaired) electrons. The molecule has 1 heterocycles. The van der Waals surface area contributed by atoms with E-state index < -0.39 is 0 Å². The number of carbonyl (C=O) groups is 1. The third-order valence-electron chi connectivity index (χ3n) is 3.21. The molecule has 1 atom stereocenters. The number of aromatic nitrogens is 1. The number of hydrogen-bond donors (Lipinski definition) is 1. The summed E-state index contributed by atoms with van der Waals surface area (Å²) >= 11 is 0. The van der Waals surface area contributed by atoms with Gasteiger partial charge in [-0.2, -0.15) is 0 Å². The largest absolute Gasteiger partial charge is 0.496 e. The lowest BCUT2D eigenvalue weighted by atomic mass is 10.1. The van der Waals surface area contributed by atoms with Gasteiger partial charge in [0.1, 0.15) is 23.2 Å². The first-order valence-corrected chi connectivity index (χ1v) is 6.52. The summed E-state index contributed by atoms with van der Waals surface area (Å²) in [4.78, 5) is 12.0. The summed E-state index contributed by atoms with van der Waals surface area (Å²) in [6.07, 6.45) is 1.10. The SMILES string of the molecule is COc1ccccc1[C@@H](CNC(=O)c1cnoc1C)OC. The Balaban J connectivity index is 2.06. The molecule has 6 nitrogen and oxygen atoms in total. The second-order valence-corrected chi connectivity index (χ2v) is 4.47. The van der Waals surface area contributed by atoms with Crippen LogP contribution in [0, 0.1) is 6.92 Å². The van der Waals surface area contributed by atoms with Gasteiger partial charge in [-0.3, -0.25) is 4.79 Å². The number of amides is 1. The van der Waals surface area contributed by atoms with Gasteiger partial charge in [0.2, 0.25) is 0 Å². The summed E-state index contributed by atoms with van der Waals surface area (Å²) < 4.78 is 15.6. The number of nitrogens with one attached hydrogen (secondary N) is 1. The van der Waals surface area contributed by atoms with Crippen LogP contribution in [-0.4, -0.2) is 31.8 Å². The minimum absolute atomic E-state index is 0.245. The topological polar surface area (TPSA) is 73.6 Å². The highest BCUT2D eigenvalue weighted by molar-refractivity contribution is 5.94. The van der Waals surface area contributed by atoms with Crippen molar-refractivity contribution < 1.29 is 18.8 Å². The minimum Gasteiger partial charge on any atom is -0.496 e. The Morgan fingerprint density at radius 2 is 2.14 bits per heavy atom. The first-order valence-electron chi connectivity index (χ1n) is 6.52. The van der Waals surface area contributed by atoms with E-state index in [0.29, 0.717) is 17.9 Å². The molecule has 6 heteroatoms. The van der Waals surface area contributed by atoms with Crippen LogP contribution in [0.3, 0.4) is 0 Å². The number of para-hydroxylation sites is 1. The Kier molecular flexibility index (Phi) is 4.94. The average molecular weight is 290 g/mol. The standard InChI is InChI=1S/C15H18N2O4/c1-10-12(8-17-21-10)15(18)16-9-14(20-3)11-6-4-5-7-13(11)19-2/h4-8,14H,9H2,1-3H3,(H,16,18)/t14-/m1/s1. The Bertz CT molecular complexity index is 609. The van der Waals surface area contributed by atoms with E-state index in [1.807, 2.05) is 24.3 Å². The molecule has 0 saturated heterocycles. The summed E-state index contributed by atoms with van der Waals surface area (Å²) in [5.74, 6) is 0.962. The molecule has 1 N–H and O–H groups in total. The van der Waals surface area contributed by atoms with E-state index in [1.165, 1.54) is 6.20 Å². The molecule has 112 valence electrons. The van der Waals surface area contributed by atoms with E-state index in [4.69, 9.17) is 14.0 Å². The van der Waals surface area contributed by atoms with Gasteiger partial charge >= 0.3 is 0 Å². The zero-order valence-corrected chi connectivity index (χ0v) is 12.3. The van der Waals surface area contributed by atoms with E-state index in [0.717, 1.165) is 11.3 Å². The predicted octanol–water partition coefficient (Wildman–Crippen LogP) is 2.11. The van der Waals surface area contributed by atoms with Crippen molar-refractivity contribution in [3.63, 3.8) is 0 Å². The van der Waals surface area contributed by atoms with Crippen molar-refractivity contribution in [1.82, 2.24) is 10.5 Å². The molecule has 1 aromatic heterocycles. The van der Waals surface area contributed by atoms with E-state index in [2.05, 4.69) is 10.5 Å². The van der Waals surface area contributed by atoms with Crippen molar-refractivity contribution in [1.29, 1.82) is 0 Å². The summed E-state index contributed by atoms with van der Waals surface area (Å²) in [6, 6.07) is 7.54. The Labute approximate surface area is 123 Å². The lowest BCUT2D eigenvalue weighted by Gasteiger charge is -2.18. The lowest BCUT2D eigenvalue weighted by molar-refractivity contribution is 0.0818.